The van der Waals surface area contributed by atoms with Crippen molar-refractivity contribution in [2.75, 3.05) is 39.0 Å². The van der Waals surface area contributed by atoms with Gasteiger partial charge in [-0.25, -0.2) is 9.98 Å². The highest BCUT2D eigenvalue weighted by Gasteiger charge is 2.29. The van der Waals surface area contributed by atoms with E-state index < -0.39 is 0 Å². The van der Waals surface area contributed by atoms with Gasteiger partial charge in [0.05, 0.1) is 34.0 Å². The van der Waals surface area contributed by atoms with E-state index in [2.05, 4.69) is 10.3 Å². The molecule has 4 rings (SSSR count). The number of hydrogen-bond acceptors (Lipinski definition) is 10. The first-order valence-corrected chi connectivity index (χ1v) is 11.5. The molecular weight excluding hydrogens is 456 g/mol. The minimum Gasteiger partial charge on any atom is -0.493 e. The van der Waals surface area contributed by atoms with Crippen molar-refractivity contribution in [2.24, 2.45) is 4.99 Å². The third-order valence-corrected chi connectivity index (χ3v) is 6.31. The molecule has 1 aliphatic heterocycles. The number of thiazole rings is 1. The monoisotopic (exact) mass is 484 g/mol. The lowest BCUT2D eigenvalue weighted by Crippen LogP contribution is -2.25. The number of nitrogen functional groups attached to an aromatic ring is 1. The molecule has 0 saturated heterocycles. The van der Waals surface area contributed by atoms with Crippen molar-refractivity contribution in [3.8, 4) is 17.2 Å². The molecule has 0 spiro atoms. The SMILES string of the molecule is COc1cc(Nc2nc(N)c(C3=NC(C(C)OCc4ccccc4)CO3)s2)cc(OC)c1OC. The van der Waals surface area contributed by atoms with E-state index in [1.54, 1.807) is 33.5 Å². The van der Waals surface area contributed by atoms with Crippen molar-refractivity contribution < 1.29 is 23.7 Å². The van der Waals surface area contributed by atoms with Gasteiger partial charge in [-0.1, -0.05) is 41.7 Å². The molecule has 34 heavy (non-hydrogen) atoms. The van der Waals surface area contributed by atoms with E-state index in [1.165, 1.54) is 11.3 Å². The Bertz CT molecular complexity index is 1130. The number of rotatable bonds is 10. The van der Waals surface area contributed by atoms with Crippen LogP contribution in [0.25, 0.3) is 0 Å². The molecule has 3 aromatic rings. The lowest BCUT2D eigenvalue weighted by Gasteiger charge is -2.16. The average Bonchev–Trinajstić information content (AvgIpc) is 3.49. The Morgan fingerprint density at radius 1 is 1.12 bits per heavy atom. The van der Waals surface area contributed by atoms with Crippen LogP contribution in [0, 0.1) is 0 Å². The summed E-state index contributed by atoms with van der Waals surface area (Å²) in [5.41, 5.74) is 8.02. The van der Waals surface area contributed by atoms with Gasteiger partial charge in [0.25, 0.3) is 0 Å². The summed E-state index contributed by atoms with van der Waals surface area (Å²) >= 11 is 1.36. The number of ether oxygens (including phenoxy) is 5. The summed E-state index contributed by atoms with van der Waals surface area (Å²) in [6.07, 6.45) is -0.108. The van der Waals surface area contributed by atoms with E-state index in [1.807, 2.05) is 37.3 Å². The molecule has 0 amide bonds. The van der Waals surface area contributed by atoms with Crippen molar-refractivity contribution >= 4 is 33.9 Å². The Labute approximate surface area is 202 Å². The van der Waals surface area contributed by atoms with Crippen LogP contribution >= 0.6 is 11.3 Å². The number of benzene rings is 2. The van der Waals surface area contributed by atoms with Crippen LogP contribution in [0.4, 0.5) is 16.6 Å². The first-order chi connectivity index (χ1) is 16.5. The molecule has 10 heteroatoms. The lowest BCUT2D eigenvalue weighted by atomic mass is 10.2. The fourth-order valence-electron chi connectivity index (χ4n) is 3.48. The van der Waals surface area contributed by atoms with Gasteiger partial charge in [-0.05, 0) is 12.5 Å². The summed E-state index contributed by atoms with van der Waals surface area (Å²) in [4.78, 5) is 9.81. The minimum absolute atomic E-state index is 0.108. The van der Waals surface area contributed by atoms with Crippen molar-refractivity contribution in [3.05, 3.63) is 52.9 Å². The molecule has 0 saturated carbocycles. The molecule has 180 valence electrons. The average molecular weight is 485 g/mol. The summed E-state index contributed by atoms with van der Waals surface area (Å²) in [5, 5.41) is 3.83. The number of hydrogen-bond donors (Lipinski definition) is 2. The molecular formula is C24H28N4O5S. The number of aliphatic imine (C=N–C) groups is 1. The van der Waals surface area contributed by atoms with E-state index in [4.69, 9.17) is 34.4 Å². The highest BCUT2D eigenvalue weighted by molar-refractivity contribution is 7.18. The van der Waals surface area contributed by atoms with E-state index in [9.17, 15) is 0 Å². The van der Waals surface area contributed by atoms with Crippen LogP contribution in [-0.4, -0.2) is 51.0 Å². The Hall–Kier alpha value is -3.50. The fourth-order valence-corrected chi connectivity index (χ4v) is 4.34. The van der Waals surface area contributed by atoms with Crippen molar-refractivity contribution in [3.63, 3.8) is 0 Å². The van der Waals surface area contributed by atoms with E-state index in [0.717, 1.165) is 5.56 Å². The largest absolute Gasteiger partial charge is 0.493 e. The van der Waals surface area contributed by atoms with Gasteiger partial charge in [0.1, 0.15) is 23.3 Å². The van der Waals surface area contributed by atoms with Gasteiger partial charge in [0.2, 0.25) is 11.6 Å². The minimum atomic E-state index is -0.119. The first kappa shape index (κ1) is 23.7. The van der Waals surface area contributed by atoms with E-state index >= 15 is 0 Å². The third kappa shape index (κ3) is 5.18. The van der Waals surface area contributed by atoms with E-state index in [0.29, 0.717) is 57.9 Å². The molecule has 2 atom stereocenters. The molecule has 1 aromatic heterocycles. The summed E-state index contributed by atoms with van der Waals surface area (Å²) < 4.78 is 28.0. The lowest BCUT2D eigenvalue weighted by molar-refractivity contribution is 0.0311. The van der Waals surface area contributed by atoms with Gasteiger partial charge < -0.3 is 34.7 Å². The normalized spacial score (nSPS) is 15.9. The molecule has 2 aromatic carbocycles. The molecule has 2 unspecified atom stereocenters. The smallest absolute Gasteiger partial charge is 0.231 e. The maximum absolute atomic E-state index is 6.19. The van der Waals surface area contributed by atoms with Crippen LogP contribution < -0.4 is 25.3 Å². The zero-order valence-corrected chi connectivity index (χ0v) is 20.3. The highest BCUT2D eigenvalue weighted by atomic mass is 32.1. The number of aromatic nitrogens is 1. The Morgan fingerprint density at radius 2 is 1.82 bits per heavy atom. The Balaban J connectivity index is 1.46. The van der Waals surface area contributed by atoms with Crippen LogP contribution in [0.2, 0.25) is 0 Å². The van der Waals surface area contributed by atoms with Gasteiger partial charge >= 0.3 is 0 Å². The van der Waals surface area contributed by atoms with Crippen LogP contribution in [0.1, 0.15) is 17.4 Å². The standard InChI is InChI=1S/C24H28N4O5S/c1-14(32-12-15-8-6-5-7-9-15)17-13-33-23(27-17)21-22(25)28-24(34-21)26-16-10-18(29-2)20(31-4)19(11-16)30-3/h5-11,14,17H,12-13,25H2,1-4H3,(H,26,28). The number of methoxy groups -OCH3 is 3. The zero-order chi connectivity index (χ0) is 24.1. The predicted molar refractivity (Wildman–Crippen MR) is 133 cm³/mol. The molecule has 3 N–H and O–H groups in total. The summed E-state index contributed by atoms with van der Waals surface area (Å²) in [6, 6.07) is 13.5. The van der Waals surface area contributed by atoms with Crippen molar-refractivity contribution in [1.29, 1.82) is 0 Å². The quantitative estimate of drug-likeness (QED) is 0.440. The van der Waals surface area contributed by atoms with Gasteiger partial charge in [-0.3, -0.25) is 0 Å². The molecule has 0 fully saturated rings. The van der Waals surface area contributed by atoms with Crippen LogP contribution in [-0.2, 0) is 16.1 Å². The first-order valence-electron chi connectivity index (χ1n) is 10.7. The fraction of sp³-hybridized carbons (Fsp3) is 0.333. The Morgan fingerprint density at radius 3 is 2.47 bits per heavy atom. The Kier molecular flexibility index (Phi) is 7.39. The number of nitrogens with one attached hydrogen (secondary N) is 1. The van der Waals surface area contributed by atoms with Crippen molar-refractivity contribution in [1.82, 2.24) is 4.98 Å². The van der Waals surface area contributed by atoms with Crippen LogP contribution in [0.3, 0.4) is 0 Å². The second kappa shape index (κ2) is 10.6. The molecule has 2 heterocycles. The molecule has 9 nitrogen and oxygen atoms in total. The van der Waals surface area contributed by atoms with Gasteiger partial charge in [-0.15, -0.1) is 0 Å². The number of anilines is 3. The number of nitrogens with zero attached hydrogens (tertiary/aromatic N) is 2. The zero-order valence-electron chi connectivity index (χ0n) is 19.5. The molecule has 1 aliphatic rings. The molecule has 0 bridgehead atoms. The molecule has 0 radical (unpaired) electrons. The second-order valence-corrected chi connectivity index (χ2v) is 8.59. The van der Waals surface area contributed by atoms with Gasteiger partial charge in [0, 0.05) is 17.8 Å². The number of nitrogens with two attached hydrogens (primary N) is 1. The summed E-state index contributed by atoms with van der Waals surface area (Å²) in [5.74, 6) is 2.40. The second-order valence-electron chi connectivity index (χ2n) is 7.59. The van der Waals surface area contributed by atoms with Gasteiger partial charge in [0.15, 0.2) is 16.6 Å². The topological polar surface area (TPSA) is 109 Å². The summed E-state index contributed by atoms with van der Waals surface area (Å²) in [6.45, 7) is 2.95. The van der Waals surface area contributed by atoms with Crippen molar-refractivity contribution in [2.45, 2.75) is 25.7 Å². The van der Waals surface area contributed by atoms with Gasteiger partial charge in [-0.2, -0.15) is 0 Å². The molecule has 0 aliphatic carbocycles. The predicted octanol–water partition coefficient (Wildman–Crippen LogP) is 4.25. The maximum atomic E-state index is 6.19. The summed E-state index contributed by atoms with van der Waals surface area (Å²) in [7, 11) is 4.69. The van der Waals surface area contributed by atoms with Crippen LogP contribution in [0.15, 0.2) is 47.5 Å². The highest BCUT2D eigenvalue weighted by Crippen LogP contribution is 2.41. The van der Waals surface area contributed by atoms with E-state index in [-0.39, 0.29) is 12.1 Å². The maximum Gasteiger partial charge on any atom is 0.231 e. The van der Waals surface area contributed by atoms with Crippen LogP contribution in [0.5, 0.6) is 17.2 Å². The third-order valence-electron chi connectivity index (χ3n) is 5.34.